The van der Waals surface area contributed by atoms with Crippen LogP contribution in [0.25, 0.3) is 0 Å². The summed E-state index contributed by atoms with van der Waals surface area (Å²) in [6.45, 7) is 2.71. The highest BCUT2D eigenvalue weighted by Gasteiger charge is 2.47. The first-order valence-corrected chi connectivity index (χ1v) is 9.61. The molecule has 1 aromatic carbocycles. The fourth-order valence-corrected chi connectivity index (χ4v) is 4.64. The van der Waals surface area contributed by atoms with E-state index in [0.29, 0.717) is 18.0 Å². The van der Waals surface area contributed by atoms with E-state index in [1.54, 1.807) is 0 Å². The molecule has 0 N–H and O–H groups in total. The van der Waals surface area contributed by atoms with Gasteiger partial charge in [0.1, 0.15) is 6.17 Å². The summed E-state index contributed by atoms with van der Waals surface area (Å²) in [7, 11) is 0. The lowest BCUT2D eigenvalue weighted by Crippen LogP contribution is -2.38. The van der Waals surface area contributed by atoms with Gasteiger partial charge in [0.15, 0.2) is 10.8 Å². The van der Waals surface area contributed by atoms with Gasteiger partial charge in [-0.2, -0.15) is 0 Å². The summed E-state index contributed by atoms with van der Waals surface area (Å²) in [6.07, 6.45) is 0.142. The molecule has 136 valence electrons. The molecule has 1 saturated carbocycles. The molecule has 0 bridgehead atoms. The van der Waals surface area contributed by atoms with Crippen molar-refractivity contribution in [1.29, 1.82) is 0 Å². The Morgan fingerprint density at radius 2 is 2.04 bits per heavy atom. The van der Waals surface area contributed by atoms with Crippen molar-refractivity contribution in [3.63, 3.8) is 0 Å². The van der Waals surface area contributed by atoms with Crippen LogP contribution in [0.3, 0.4) is 0 Å². The minimum atomic E-state index is -0.995. The van der Waals surface area contributed by atoms with E-state index in [-0.39, 0.29) is 11.8 Å². The summed E-state index contributed by atoms with van der Waals surface area (Å²) in [5.74, 6) is -0.830. The maximum absolute atomic E-state index is 13.5. The van der Waals surface area contributed by atoms with Crippen molar-refractivity contribution in [3.05, 3.63) is 52.4 Å². The highest BCUT2D eigenvalue weighted by Crippen LogP contribution is 2.42. The van der Waals surface area contributed by atoms with Gasteiger partial charge in [-0.1, -0.05) is 30.3 Å². The van der Waals surface area contributed by atoms with Gasteiger partial charge in [0.2, 0.25) is 0 Å². The minimum Gasteiger partial charge on any atom is -0.416 e. The molecule has 1 aromatic heterocycles. The van der Waals surface area contributed by atoms with Crippen LogP contribution in [0.4, 0.5) is 4.39 Å². The van der Waals surface area contributed by atoms with Gasteiger partial charge in [0.25, 0.3) is 0 Å². The lowest BCUT2D eigenvalue weighted by molar-refractivity contribution is -0.131. The topological polar surface area (TPSA) is 46.6 Å². The summed E-state index contributed by atoms with van der Waals surface area (Å²) < 4.78 is 18.7. The fraction of sp³-hybridized carbons (Fsp3) is 0.400. The summed E-state index contributed by atoms with van der Waals surface area (Å²) in [4.78, 5) is 27.4. The zero-order valence-corrected chi connectivity index (χ0v) is 15.3. The van der Waals surface area contributed by atoms with Gasteiger partial charge in [0.05, 0.1) is 12.0 Å². The minimum absolute atomic E-state index is 0.0254. The first-order valence-electron chi connectivity index (χ1n) is 8.79. The Morgan fingerprint density at radius 3 is 2.69 bits per heavy atom. The second kappa shape index (κ2) is 6.93. The molecule has 0 saturated heterocycles. The quantitative estimate of drug-likeness (QED) is 0.750. The van der Waals surface area contributed by atoms with Crippen molar-refractivity contribution in [2.75, 3.05) is 6.54 Å². The zero-order chi connectivity index (χ0) is 18.3. The van der Waals surface area contributed by atoms with Crippen LogP contribution in [-0.4, -0.2) is 29.4 Å². The molecule has 2 heterocycles. The van der Waals surface area contributed by atoms with E-state index in [1.165, 1.54) is 23.1 Å². The van der Waals surface area contributed by atoms with Crippen LogP contribution in [0.5, 0.6) is 5.06 Å². The van der Waals surface area contributed by atoms with E-state index in [0.717, 1.165) is 24.1 Å². The van der Waals surface area contributed by atoms with Crippen molar-refractivity contribution in [1.82, 2.24) is 4.90 Å². The van der Waals surface area contributed by atoms with Crippen molar-refractivity contribution in [2.24, 2.45) is 5.92 Å². The van der Waals surface area contributed by atoms with Gasteiger partial charge in [0, 0.05) is 24.9 Å². The van der Waals surface area contributed by atoms with Crippen LogP contribution in [0.1, 0.15) is 35.4 Å². The Bertz CT molecular complexity index is 835. The number of ketones is 1. The van der Waals surface area contributed by atoms with Gasteiger partial charge in [-0.15, -0.1) is 11.3 Å². The molecule has 1 fully saturated rings. The molecule has 26 heavy (non-hydrogen) atoms. The molecule has 1 aliphatic carbocycles. The number of carbonyl (C=O) groups excluding carboxylic acids is 2. The number of Topliss-reactive ketones (excluding diaryl/α,β-unsaturated/α-hetero) is 1. The number of ether oxygens (including phenoxy) is 1. The Kier molecular flexibility index (Phi) is 4.63. The number of esters is 1. The molecule has 0 spiro atoms. The zero-order valence-electron chi connectivity index (χ0n) is 14.5. The van der Waals surface area contributed by atoms with Gasteiger partial charge < -0.3 is 4.74 Å². The molecule has 0 radical (unpaired) electrons. The number of hydrogen-bond acceptors (Lipinski definition) is 5. The van der Waals surface area contributed by atoms with E-state index in [2.05, 4.69) is 4.90 Å². The van der Waals surface area contributed by atoms with Crippen molar-refractivity contribution in [3.8, 4) is 5.06 Å². The Morgan fingerprint density at radius 1 is 1.31 bits per heavy atom. The highest BCUT2D eigenvalue weighted by molar-refractivity contribution is 7.14. The van der Waals surface area contributed by atoms with Crippen LogP contribution in [0.2, 0.25) is 0 Å². The van der Waals surface area contributed by atoms with Crippen LogP contribution in [-0.2, 0) is 22.6 Å². The third-order valence-corrected chi connectivity index (χ3v) is 6.06. The molecule has 2 aliphatic rings. The summed E-state index contributed by atoms with van der Waals surface area (Å²) in [5.41, 5.74) is 1.99. The van der Waals surface area contributed by atoms with E-state index in [4.69, 9.17) is 4.74 Å². The van der Waals surface area contributed by atoms with E-state index >= 15 is 0 Å². The summed E-state index contributed by atoms with van der Waals surface area (Å²) >= 11 is 1.49. The maximum atomic E-state index is 13.5. The Balaban J connectivity index is 1.60. The van der Waals surface area contributed by atoms with Gasteiger partial charge in [-0.25, -0.2) is 4.39 Å². The molecule has 1 aliphatic heterocycles. The van der Waals surface area contributed by atoms with E-state index in [9.17, 15) is 14.0 Å². The van der Waals surface area contributed by atoms with E-state index < -0.39 is 18.1 Å². The average molecular weight is 373 g/mol. The SMILES string of the molecule is CC(=O)Oc1cc2c(s1)CCN(C(C(=O)C1CC1F)c1ccccc1)C2. The number of rotatable bonds is 5. The molecular weight excluding hydrogens is 353 g/mol. The van der Waals surface area contributed by atoms with Crippen LogP contribution in [0.15, 0.2) is 36.4 Å². The maximum Gasteiger partial charge on any atom is 0.308 e. The van der Waals surface area contributed by atoms with Gasteiger partial charge >= 0.3 is 5.97 Å². The second-order valence-electron chi connectivity index (χ2n) is 6.90. The van der Waals surface area contributed by atoms with E-state index in [1.807, 2.05) is 36.4 Å². The number of hydrogen-bond donors (Lipinski definition) is 0. The molecule has 0 amide bonds. The molecule has 3 atom stereocenters. The predicted molar refractivity (Wildman–Crippen MR) is 96.9 cm³/mol. The molecular formula is C20H20FNO3S. The Labute approximate surface area is 155 Å². The van der Waals surface area contributed by atoms with Crippen molar-refractivity contribution < 1.29 is 18.7 Å². The number of nitrogens with zero attached hydrogens (tertiary/aromatic N) is 1. The van der Waals surface area contributed by atoms with Crippen LogP contribution >= 0.6 is 11.3 Å². The average Bonchev–Trinajstić information content (AvgIpc) is 3.21. The number of benzene rings is 1. The first kappa shape index (κ1) is 17.4. The lowest BCUT2D eigenvalue weighted by Gasteiger charge is -2.34. The normalized spacial score (nSPS) is 23.2. The van der Waals surface area contributed by atoms with Crippen LogP contribution < -0.4 is 4.74 Å². The predicted octanol–water partition coefficient (Wildman–Crippen LogP) is 3.70. The number of alkyl halides is 1. The van der Waals surface area contributed by atoms with Crippen molar-refractivity contribution >= 4 is 23.1 Å². The molecule has 3 unspecified atom stereocenters. The van der Waals surface area contributed by atoms with Gasteiger partial charge in [-0.3, -0.25) is 14.5 Å². The number of halogens is 1. The molecule has 6 heteroatoms. The fourth-order valence-electron chi connectivity index (χ4n) is 3.59. The lowest BCUT2D eigenvalue weighted by atomic mass is 9.95. The monoisotopic (exact) mass is 373 g/mol. The molecule has 4 nitrogen and oxygen atoms in total. The first-order chi connectivity index (χ1) is 12.5. The third-order valence-electron chi connectivity index (χ3n) is 4.95. The largest absolute Gasteiger partial charge is 0.416 e. The summed E-state index contributed by atoms with van der Waals surface area (Å²) in [6, 6.07) is 11.1. The second-order valence-corrected chi connectivity index (χ2v) is 8.00. The number of thiophene rings is 1. The third kappa shape index (κ3) is 3.44. The van der Waals surface area contributed by atoms with Crippen molar-refractivity contribution in [2.45, 2.75) is 38.5 Å². The van der Waals surface area contributed by atoms with Gasteiger partial charge in [-0.05, 0) is 30.0 Å². The van der Waals surface area contributed by atoms with Crippen LogP contribution in [0, 0.1) is 5.92 Å². The number of carbonyl (C=O) groups is 2. The number of fused-ring (bicyclic) bond motifs is 1. The standard InChI is InChI=1S/C20H20FNO3S/c1-12(23)25-18-9-14-11-22(8-7-17(14)26-18)19(13-5-3-2-4-6-13)20(24)15-10-16(15)21/h2-6,9,15-16,19H,7-8,10-11H2,1H3. The Hall–Kier alpha value is -2.05. The summed E-state index contributed by atoms with van der Waals surface area (Å²) in [5, 5.41) is 0.595. The smallest absolute Gasteiger partial charge is 0.308 e. The molecule has 4 rings (SSSR count). The molecule has 2 aromatic rings. The highest BCUT2D eigenvalue weighted by atomic mass is 32.1.